The number of nitro benzene ring substituents is 1. The first-order valence-corrected chi connectivity index (χ1v) is 16.7. The zero-order valence-electron chi connectivity index (χ0n) is 27.5. The van der Waals surface area contributed by atoms with Crippen LogP contribution in [0.25, 0.3) is 11.8 Å². The number of carbonyl (C=O) groups is 1. The lowest BCUT2D eigenvalue weighted by atomic mass is 9.93. The molecule has 11 nitrogen and oxygen atoms in total. The molecule has 2 heterocycles. The molecule has 12 heteroatoms. The molecule has 50 heavy (non-hydrogen) atoms. The number of rotatable bonds is 12. The van der Waals surface area contributed by atoms with E-state index in [2.05, 4.69) is 0 Å². The summed E-state index contributed by atoms with van der Waals surface area (Å²) in [5.41, 5.74) is 2.96. The van der Waals surface area contributed by atoms with Gasteiger partial charge in [-0.15, -0.1) is 0 Å². The molecule has 0 bridgehead atoms. The summed E-state index contributed by atoms with van der Waals surface area (Å²) in [5, 5.41) is 11.1. The fourth-order valence-corrected chi connectivity index (χ4v) is 6.63. The summed E-state index contributed by atoms with van der Waals surface area (Å²) >= 11 is 1.19. The van der Waals surface area contributed by atoms with Gasteiger partial charge in [-0.25, -0.2) is 9.79 Å². The minimum Gasteiger partial charge on any atom is -0.494 e. The normalized spacial score (nSPS) is 14.1. The maximum atomic E-state index is 14.4. The van der Waals surface area contributed by atoms with Gasteiger partial charge in [0.2, 0.25) is 0 Å². The highest BCUT2D eigenvalue weighted by Crippen LogP contribution is 2.36. The number of benzene rings is 4. The molecule has 6 rings (SSSR count). The van der Waals surface area contributed by atoms with Gasteiger partial charge in [0.25, 0.3) is 11.2 Å². The van der Waals surface area contributed by atoms with Crippen LogP contribution in [-0.4, -0.2) is 35.8 Å². The van der Waals surface area contributed by atoms with Crippen LogP contribution in [0, 0.1) is 10.1 Å². The van der Waals surface area contributed by atoms with Crippen LogP contribution in [-0.2, 0) is 16.1 Å². The number of hydrogen-bond acceptors (Lipinski definition) is 10. The van der Waals surface area contributed by atoms with E-state index < -0.39 is 16.9 Å². The van der Waals surface area contributed by atoms with Gasteiger partial charge in [0.05, 0.1) is 47.1 Å². The fraction of sp³-hybridized carbons (Fsp3) is 0.184. The van der Waals surface area contributed by atoms with E-state index in [4.69, 9.17) is 23.9 Å². The largest absolute Gasteiger partial charge is 0.494 e. The number of carbonyl (C=O) groups excluding carboxylic acids is 1. The molecule has 0 aliphatic carbocycles. The third-order valence-corrected chi connectivity index (χ3v) is 8.91. The van der Waals surface area contributed by atoms with Crippen molar-refractivity contribution in [2.75, 3.05) is 20.3 Å². The molecule has 0 N–H and O–H groups in total. The number of non-ortho nitro benzene ring substituents is 1. The second-order valence-electron chi connectivity index (χ2n) is 11.0. The van der Waals surface area contributed by atoms with Gasteiger partial charge < -0.3 is 18.9 Å². The fourth-order valence-electron chi connectivity index (χ4n) is 5.64. The Labute approximate surface area is 291 Å². The molecular formula is C38H33N3O8S. The zero-order valence-corrected chi connectivity index (χ0v) is 28.3. The van der Waals surface area contributed by atoms with E-state index in [0.29, 0.717) is 61.1 Å². The van der Waals surface area contributed by atoms with Crippen LogP contribution in [0.3, 0.4) is 0 Å². The van der Waals surface area contributed by atoms with Crippen LogP contribution in [0.1, 0.15) is 42.1 Å². The van der Waals surface area contributed by atoms with Crippen molar-refractivity contribution in [3.05, 3.63) is 155 Å². The van der Waals surface area contributed by atoms with Gasteiger partial charge in [0.1, 0.15) is 12.4 Å². The van der Waals surface area contributed by atoms with Gasteiger partial charge in [-0.3, -0.25) is 19.5 Å². The number of nitro groups is 1. The third-order valence-electron chi connectivity index (χ3n) is 7.93. The summed E-state index contributed by atoms with van der Waals surface area (Å²) in [6.07, 6.45) is 1.71. The van der Waals surface area contributed by atoms with Gasteiger partial charge in [-0.05, 0) is 61.4 Å². The molecule has 4 aromatic carbocycles. The summed E-state index contributed by atoms with van der Waals surface area (Å²) in [5.74, 6) is 0.919. The second-order valence-corrected chi connectivity index (χ2v) is 12.0. The van der Waals surface area contributed by atoms with E-state index >= 15 is 0 Å². The van der Waals surface area contributed by atoms with Gasteiger partial charge in [0.15, 0.2) is 16.3 Å². The Morgan fingerprint density at radius 2 is 1.68 bits per heavy atom. The van der Waals surface area contributed by atoms with Gasteiger partial charge in [0, 0.05) is 23.3 Å². The molecule has 1 aliphatic rings. The quantitative estimate of drug-likeness (QED) is 0.0908. The molecule has 0 amide bonds. The van der Waals surface area contributed by atoms with Crippen LogP contribution >= 0.6 is 11.3 Å². The van der Waals surface area contributed by atoms with Crippen molar-refractivity contribution in [1.29, 1.82) is 0 Å². The highest BCUT2D eigenvalue weighted by molar-refractivity contribution is 7.07. The first kappa shape index (κ1) is 33.9. The lowest BCUT2D eigenvalue weighted by molar-refractivity contribution is -0.384. The topological polar surface area (TPSA) is 131 Å². The highest BCUT2D eigenvalue weighted by Gasteiger charge is 2.35. The summed E-state index contributed by atoms with van der Waals surface area (Å²) in [6.45, 7) is 4.36. The number of fused-ring (bicyclic) bond motifs is 1. The van der Waals surface area contributed by atoms with Gasteiger partial charge in [-0.1, -0.05) is 65.9 Å². The van der Waals surface area contributed by atoms with Crippen molar-refractivity contribution in [2.24, 2.45) is 4.99 Å². The lowest BCUT2D eigenvalue weighted by Crippen LogP contribution is -2.40. The molecule has 0 fully saturated rings. The predicted molar refractivity (Wildman–Crippen MR) is 189 cm³/mol. The smallest absolute Gasteiger partial charge is 0.338 e. The van der Waals surface area contributed by atoms with Crippen LogP contribution in [0.5, 0.6) is 17.2 Å². The number of esters is 1. The summed E-state index contributed by atoms with van der Waals surface area (Å²) in [7, 11) is 1.52. The molecule has 254 valence electrons. The van der Waals surface area contributed by atoms with Crippen LogP contribution < -0.4 is 29.1 Å². The standard InChI is InChI=1S/C38H33N3O8S/c1-4-47-29-20-16-26(17-21-29)34-32(37(43)48-5-2)33(25-10-7-6-8-11-25)39-38-40(34)36(42)31(50-38)22-27-12-9-13-30(46-3)35(27)49-23-24-14-18-28(19-15-24)41(44)45/h6-22,34H,4-5,23H2,1-3H3/b31-22-/t34-/m1/s1. The SMILES string of the molecule is CCOC(=O)C1=C(c2ccccc2)N=c2s/c(=C\c3cccc(OC)c3OCc3ccc([N+](=O)[O-])cc3)c(=O)n2[C@@H]1c1ccc(OCC)cc1. The summed E-state index contributed by atoms with van der Waals surface area (Å²) in [4.78, 5) is 44.1. The van der Waals surface area contributed by atoms with Gasteiger partial charge >= 0.3 is 5.97 Å². The number of hydrogen-bond donors (Lipinski definition) is 0. The van der Waals surface area contributed by atoms with E-state index in [1.165, 1.54) is 35.1 Å². The van der Waals surface area contributed by atoms with E-state index in [0.717, 1.165) is 0 Å². The monoisotopic (exact) mass is 691 g/mol. The third kappa shape index (κ3) is 6.92. The lowest BCUT2D eigenvalue weighted by Gasteiger charge is -2.26. The molecule has 5 aromatic rings. The number of thiazole rings is 1. The number of aromatic nitrogens is 1. The van der Waals surface area contributed by atoms with Crippen molar-refractivity contribution in [3.63, 3.8) is 0 Å². The number of nitrogens with zero attached hydrogens (tertiary/aromatic N) is 3. The first-order chi connectivity index (χ1) is 24.3. The van der Waals surface area contributed by atoms with Crippen LogP contribution in [0.4, 0.5) is 5.69 Å². The Morgan fingerprint density at radius 3 is 2.34 bits per heavy atom. The summed E-state index contributed by atoms with van der Waals surface area (Å²) < 4.78 is 24.9. The van der Waals surface area contributed by atoms with Crippen molar-refractivity contribution < 1.29 is 28.7 Å². The Bertz CT molecular complexity index is 2240. The average molecular weight is 692 g/mol. The van der Waals surface area contributed by atoms with Crippen LogP contribution in [0.15, 0.2) is 112 Å². The van der Waals surface area contributed by atoms with E-state index in [1.54, 1.807) is 43.3 Å². The Hall–Kier alpha value is -6.01. The summed E-state index contributed by atoms with van der Waals surface area (Å²) in [6, 6.07) is 27.2. The molecule has 0 saturated heterocycles. The highest BCUT2D eigenvalue weighted by atomic mass is 32.1. The minimum absolute atomic E-state index is 0.0211. The van der Waals surface area contributed by atoms with Crippen molar-refractivity contribution in [2.45, 2.75) is 26.5 Å². The molecular weight excluding hydrogens is 658 g/mol. The maximum Gasteiger partial charge on any atom is 0.338 e. The molecule has 0 saturated carbocycles. The average Bonchev–Trinajstić information content (AvgIpc) is 3.45. The van der Waals surface area contributed by atoms with Crippen molar-refractivity contribution in [3.8, 4) is 17.2 Å². The number of methoxy groups -OCH3 is 1. The van der Waals surface area contributed by atoms with Crippen molar-refractivity contribution in [1.82, 2.24) is 4.57 Å². The molecule has 1 aliphatic heterocycles. The van der Waals surface area contributed by atoms with Crippen LogP contribution in [0.2, 0.25) is 0 Å². The molecule has 1 aromatic heterocycles. The number of para-hydroxylation sites is 1. The Morgan fingerprint density at radius 1 is 0.940 bits per heavy atom. The zero-order chi connectivity index (χ0) is 35.2. The maximum absolute atomic E-state index is 14.4. The molecule has 0 unspecified atom stereocenters. The van der Waals surface area contributed by atoms with E-state index in [1.807, 2.05) is 61.5 Å². The molecule has 0 radical (unpaired) electrons. The number of ether oxygens (including phenoxy) is 4. The minimum atomic E-state index is -0.846. The van der Waals surface area contributed by atoms with Crippen molar-refractivity contribution >= 4 is 34.8 Å². The first-order valence-electron chi connectivity index (χ1n) is 15.9. The predicted octanol–water partition coefficient (Wildman–Crippen LogP) is 5.83. The Kier molecular flexibility index (Phi) is 10.2. The Balaban J connectivity index is 1.51. The second kappa shape index (κ2) is 15.0. The van der Waals surface area contributed by atoms with E-state index in [-0.39, 0.29) is 30.0 Å². The van der Waals surface area contributed by atoms with E-state index in [9.17, 15) is 19.7 Å². The molecule has 0 spiro atoms. The van der Waals surface area contributed by atoms with Gasteiger partial charge in [-0.2, -0.15) is 0 Å². The molecule has 1 atom stereocenters.